The number of Topliss-reactive ketones (excluding diaryl/α,β-unsaturated/α-hetero) is 1. The molecule has 0 spiro atoms. The summed E-state index contributed by atoms with van der Waals surface area (Å²) in [5.41, 5.74) is 2.78. The molecule has 2 N–H and O–H groups in total. The van der Waals surface area contributed by atoms with Crippen molar-refractivity contribution >= 4 is 33.3 Å². The minimum absolute atomic E-state index is 0.0144. The number of carbonyl (C=O) groups excluding carboxylic acids is 2. The van der Waals surface area contributed by atoms with E-state index >= 15 is 0 Å². The fourth-order valence-corrected chi connectivity index (χ4v) is 4.95. The van der Waals surface area contributed by atoms with Gasteiger partial charge in [0.15, 0.2) is 5.78 Å². The van der Waals surface area contributed by atoms with E-state index in [-0.39, 0.29) is 16.9 Å². The first-order valence-corrected chi connectivity index (χ1v) is 11.1. The van der Waals surface area contributed by atoms with Gasteiger partial charge >= 0.3 is 0 Å². The van der Waals surface area contributed by atoms with Crippen LogP contribution in [0.2, 0.25) is 0 Å². The third kappa shape index (κ3) is 4.26. The number of carbonyl (C=O) groups is 2. The van der Waals surface area contributed by atoms with E-state index in [9.17, 15) is 18.4 Å². The van der Waals surface area contributed by atoms with Gasteiger partial charge in [0, 0.05) is 45.4 Å². The molecule has 0 aromatic heterocycles. The molecule has 0 saturated carbocycles. The first-order valence-electron chi connectivity index (χ1n) is 10.3. The predicted octanol–water partition coefficient (Wildman–Crippen LogP) is 5.97. The molecule has 1 heterocycles. The molecule has 1 aliphatic heterocycles. The fraction of sp³-hybridized carbons (Fsp3) is 0.280. The van der Waals surface area contributed by atoms with Crippen LogP contribution in [-0.2, 0) is 9.59 Å². The topological polar surface area (TPSA) is 58.2 Å². The van der Waals surface area contributed by atoms with Crippen LogP contribution < -0.4 is 10.6 Å². The maximum Gasteiger partial charge on any atom is 0.254 e. The fourth-order valence-electron chi connectivity index (χ4n) is 4.54. The molecular weight excluding hydrogens is 478 g/mol. The summed E-state index contributed by atoms with van der Waals surface area (Å²) >= 11 is 3.47. The van der Waals surface area contributed by atoms with Crippen LogP contribution in [0, 0.1) is 17.0 Å². The molecule has 0 radical (unpaired) electrons. The molecule has 1 atom stereocenters. The summed E-state index contributed by atoms with van der Waals surface area (Å²) in [5.74, 6) is -2.76. The van der Waals surface area contributed by atoms with Crippen LogP contribution in [0.5, 0.6) is 0 Å². The summed E-state index contributed by atoms with van der Waals surface area (Å²) in [4.78, 5) is 26.6. The van der Waals surface area contributed by atoms with E-state index in [0.717, 1.165) is 27.9 Å². The first-order chi connectivity index (χ1) is 15.1. The molecule has 4 nitrogen and oxygen atoms in total. The number of allylic oxidation sites excluding steroid dienone is 3. The Balaban J connectivity index is 1.81. The Hall–Kier alpha value is -2.80. The standard InChI is InChI=1S/C25H23BrF2N2O2/c1-13-21(24(32)30-18-8-7-16(27)10-17(18)28)22(14-5-4-6-15(26)9-14)23-19(29-13)11-25(2,3)12-20(23)31/h4-10,22,29H,11-12H2,1-3H3,(H,30,32)/t22-/m1/s1. The van der Waals surface area contributed by atoms with E-state index in [1.807, 2.05) is 38.1 Å². The minimum Gasteiger partial charge on any atom is -0.362 e. The second-order valence-corrected chi connectivity index (χ2v) is 9.98. The number of benzene rings is 2. The Kier molecular flexibility index (Phi) is 5.79. The van der Waals surface area contributed by atoms with Crippen molar-refractivity contribution < 1.29 is 18.4 Å². The SMILES string of the molecule is CC1=C(C(=O)Nc2ccc(F)cc2F)[C@@H](c2cccc(Br)c2)C2=C(CC(C)(C)CC2=O)N1. The van der Waals surface area contributed by atoms with E-state index in [4.69, 9.17) is 0 Å². The maximum atomic E-state index is 14.2. The van der Waals surface area contributed by atoms with Gasteiger partial charge in [0.25, 0.3) is 5.91 Å². The highest BCUT2D eigenvalue weighted by Gasteiger charge is 2.42. The number of halogens is 3. The van der Waals surface area contributed by atoms with E-state index in [1.165, 1.54) is 6.07 Å². The average molecular weight is 501 g/mol. The molecule has 32 heavy (non-hydrogen) atoms. The van der Waals surface area contributed by atoms with Gasteiger partial charge in [-0.05, 0) is 48.6 Å². The van der Waals surface area contributed by atoms with Crippen LogP contribution >= 0.6 is 15.9 Å². The van der Waals surface area contributed by atoms with Crippen LogP contribution in [-0.4, -0.2) is 11.7 Å². The molecule has 2 aromatic carbocycles. The van der Waals surface area contributed by atoms with Gasteiger partial charge in [-0.25, -0.2) is 8.78 Å². The molecule has 1 amide bonds. The lowest BCUT2D eigenvalue weighted by Crippen LogP contribution is -2.39. The lowest BCUT2D eigenvalue weighted by atomic mass is 9.68. The Morgan fingerprint density at radius 3 is 2.59 bits per heavy atom. The molecule has 2 aromatic rings. The summed E-state index contributed by atoms with van der Waals surface area (Å²) in [5, 5.41) is 5.83. The highest BCUT2D eigenvalue weighted by molar-refractivity contribution is 9.10. The van der Waals surface area contributed by atoms with Gasteiger partial charge in [-0.1, -0.05) is 41.9 Å². The van der Waals surface area contributed by atoms with Crippen molar-refractivity contribution in [2.45, 2.75) is 39.5 Å². The number of rotatable bonds is 3. The van der Waals surface area contributed by atoms with Crippen LogP contribution in [0.25, 0.3) is 0 Å². The van der Waals surface area contributed by atoms with E-state index < -0.39 is 23.5 Å². The number of ketones is 1. The van der Waals surface area contributed by atoms with Gasteiger partial charge in [0.05, 0.1) is 5.69 Å². The van der Waals surface area contributed by atoms with Crippen molar-refractivity contribution in [3.8, 4) is 0 Å². The second kappa shape index (κ2) is 8.28. The Bertz CT molecular complexity index is 1200. The zero-order chi connectivity index (χ0) is 23.2. The summed E-state index contributed by atoms with van der Waals surface area (Å²) < 4.78 is 28.3. The summed E-state index contributed by atoms with van der Waals surface area (Å²) in [6.07, 6.45) is 1.05. The van der Waals surface area contributed by atoms with Gasteiger partial charge in [-0.3, -0.25) is 9.59 Å². The molecule has 1 aliphatic carbocycles. The molecule has 0 unspecified atom stereocenters. The minimum atomic E-state index is -0.866. The average Bonchev–Trinajstić information content (AvgIpc) is 2.68. The molecule has 2 aliphatic rings. The predicted molar refractivity (Wildman–Crippen MR) is 123 cm³/mol. The third-order valence-corrected chi connectivity index (χ3v) is 6.34. The number of nitrogens with one attached hydrogen (secondary N) is 2. The second-order valence-electron chi connectivity index (χ2n) is 9.06. The summed E-state index contributed by atoms with van der Waals surface area (Å²) in [6.45, 7) is 5.86. The summed E-state index contributed by atoms with van der Waals surface area (Å²) in [6, 6.07) is 10.5. The normalized spacial score (nSPS) is 20.1. The maximum absolute atomic E-state index is 14.2. The molecular formula is C25H23BrF2N2O2. The molecule has 166 valence electrons. The van der Waals surface area contributed by atoms with Crippen LogP contribution in [0.3, 0.4) is 0 Å². The smallest absolute Gasteiger partial charge is 0.254 e. The zero-order valence-corrected chi connectivity index (χ0v) is 19.6. The Morgan fingerprint density at radius 1 is 1.16 bits per heavy atom. The Morgan fingerprint density at radius 2 is 1.91 bits per heavy atom. The van der Waals surface area contributed by atoms with Crippen LogP contribution in [0.1, 0.15) is 45.1 Å². The molecule has 7 heteroatoms. The van der Waals surface area contributed by atoms with Gasteiger partial charge in [-0.2, -0.15) is 0 Å². The highest BCUT2D eigenvalue weighted by Crippen LogP contribution is 2.47. The number of dihydropyridines is 1. The molecule has 0 fully saturated rings. The monoisotopic (exact) mass is 500 g/mol. The van der Waals surface area contributed by atoms with Crippen molar-refractivity contribution in [3.05, 3.63) is 86.7 Å². The molecule has 0 bridgehead atoms. The van der Waals surface area contributed by atoms with Crippen LogP contribution in [0.15, 0.2) is 69.5 Å². The number of hydrogen-bond acceptors (Lipinski definition) is 3. The quantitative estimate of drug-likeness (QED) is 0.545. The molecule has 4 rings (SSSR count). The van der Waals surface area contributed by atoms with E-state index in [2.05, 4.69) is 26.6 Å². The molecule has 0 saturated heterocycles. The lowest BCUT2D eigenvalue weighted by molar-refractivity contribution is -0.118. The van der Waals surface area contributed by atoms with Gasteiger partial charge < -0.3 is 10.6 Å². The van der Waals surface area contributed by atoms with Crippen molar-refractivity contribution in [1.82, 2.24) is 5.32 Å². The Labute approximate surface area is 193 Å². The van der Waals surface area contributed by atoms with Crippen LogP contribution in [0.4, 0.5) is 14.5 Å². The van der Waals surface area contributed by atoms with Crippen molar-refractivity contribution in [3.63, 3.8) is 0 Å². The van der Waals surface area contributed by atoms with E-state index in [0.29, 0.717) is 29.7 Å². The number of hydrogen-bond donors (Lipinski definition) is 2. The van der Waals surface area contributed by atoms with E-state index in [1.54, 1.807) is 6.92 Å². The van der Waals surface area contributed by atoms with Gasteiger partial charge in [0.2, 0.25) is 0 Å². The van der Waals surface area contributed by atoms with Crippen molar-refractivity contribution in [2.24, 2.45) is 5.41 Å². The highest BCUT2D eigenvalue weighted by atomic mass is 79.9. The number of anilines is 1. The van der Waals surface area contributed by atoms with Gasteiger partial charge in [-0.15, -0.1) is 0 Å². The van der Waals surface area contributed by atoms with Crippen molar-refractivity contribution in [2.75, 3.05) is 5.32 Å². The third-order valence-electron chi connectivity index (χ3n) is 5.85. The summed E-state index contributed by atoms with van der Waals surface area (Å²) in [7, 11) is 0. The first kappa shape index (κ1) is 22.4. The lowest BCUT2D eigenvalue weighted by Gasteiger charge is -2.39. The number of amides is 1. The van der Waals surface area contributed by atoms with Gasteiger partial charge in [0.1, 0.15) is 11.6 Å². The largest absolute Gasteiger partial charge is 0.362 e. The zero-order valence-electron chi connectivity index (χ0n) is 18.0. The van der Waals surface area contributed by atoms with Crippen molar-refractivity contribution in [1.29, 1.82) is 0 Å².